The normalized spacial score (nSPS) is 36.0. The van der Waals surface area contributed by atoms with E-state index in [1.807, 2.05) is 0 Å². The summed E-state index contributed by atoms with van der Waals surface area (Å²) in [6, 6.07) is 7.05. The van der Waals surface area contributed by atoms with E-state index in [-0.39, 0.29) is 5.91 Å². The number of carbonyl (C=O) groups excluding carboxylic acids is 1. The van der Waals surface area contributed by atoms with Gasteiger partial charge in [-0.15, -0.1) is 0 Å². The zero-order valence-corrected chi connectivity index (χ0v) is 16.1. The maximum atomic E-state index is 12.9. The topological polar surface area (TPSA) is 84.5 Å². The maximum absolute atomic E-state index is 12.9. The van der Waals surface area contributed by atoms with Crippen LogP contribution < -0.4 is 10.1 Å². The number of benzene rings is 1. The second-order valence-electron chi connectivity index (χ2n) is 7.81. The van der Waals surface area contributed by atoms with Crippen LogP contribution in [0, 0.1) is 0 Å². The van der Waals surface area contributed by atoms with E-state index in [9.17, 15) is 4.79 Å². The van der Waals surface area contributed by atoms with E-state index >= 15 is 0 Å². The average molecular weight is 379 g/mol. The largest absolute Gasteiger partial charge is 0.497 e. The molecule has 0 aliphatic carbocycles. The summed E-state index contributed by atoms with van der Waals surface area (Å²) in [5.41, 5.74) is 0.630. The van der Waals surface area contributed by atoms with Gasteiger partial charge in [0.15, 0.2) is 24.0 Å². The van der Waals surface area contributed by atoms with Gasteiger partial charge in [-0.1, -0.05) is 0 Å². The smallest absolute Gasteiger partial charge is 0.256 e. The molecule has 4 rings (SSSR count). The number of hydrogen-bond acceptors (Lipinski definition) is 7. The highest BCUT2D eigenvalue weighted by atomic mass is 16.9. The summed E-state index contributed by atoms with van der Waals surface area (Å²) in [6.07, 6.45) is -3.12. The van der Waals surface area contributed by atoms with Crippen LogP contribution in [0.2, 0.25) is 0 Å². The first kappa shape index (κ1) is 18.6. The molecule has 1 aromatic carbocycles. The van der Waals surface area contributed by atoms with Gasteiger partial charge in [0.2, 0.25) is 0 Å². The predicted octanol–water partition coefficient (Wildman–Crippen LogP) is 2.03. The minimum Gasteiger partial charge on any atom is -0.497 e. The van der Waals surface area contributed by atoms with Crippen molar-refractivity contribution in [3.8, 4) is 5.75 Å². The van der Waals surface area contributed by atoms with E-state index in [0.717, 1.165) is 0 Å². The lowest BCUT2D eigenvalue weighted by Crippen LogP contribution is -2.58. The lowest BCUT2D eigenvalue weighted by molar-refractivity contribution is -0.229. The molecular weight excluding hydrogens is 354 g/mol. The summed E-state index contributed by atoms with van der Waals surface area (Å²) >= 11 is 0. The molecule has 8 heteroatoms. The van der Waals surface area contributed by atoms with Crippen molar-refractivity contribution in [2.45, 2.75) is 70.0 Å². The molecule has 0 aromatic heterocycles. The van der Waals surface area contributed by atoms with Crippen molar-refractivity contribution in [3.63, 3.8) is 0 Å². The highest BCUT2D eigenvalue weighted by molar-refractivity contribution is 5.94. The highest BCUT2D eigenvalue weighted by Crippen LogP contribution is 2.44. The molecule has 0 radical (unpaired) electrons. The molecule has 1 N–H and O–H groups in total. The summed E-state index contributed by atoms with van der Waals surface area (Å²) in [7, 11) is 1.59. The quantitative estimate of drug-likeness (QED) is 0.860. The van der Waals surface area contributed by atoms with Gasteiger partial charge in [0.25, 0.3) is 5.91 Å². The van der Waals surface area contributed by atoms with Gasteiger partial charge in [-0.2, -0.15) is 0 Å². The Labute approximate surface area is 158 Å². The first-order valence-electron chi connectivity index (χ1n) is 8.99. The molecular formula is C19H25NO7. The molecule has 148 valence electrons. The van der Waals surface area contributed by atoms with Gasteiger partial charge in [-0.05, 0) is 52.0 Å². The van der Waals surface area contributed by atoms with Gasteiger partial charge in [-0.3, -0.25) is 4.79 Å². The van der Waals surface area contributed by atoms with E-state index in [1.54, 1.807) is 59.1 Å². The summed E-state index contributed by atoms with van der Waals surface area (Å²) in [6.45, 7) is 7.22. The molecule has 5 atom stereocenters. The Kier molecular flexibility index (Phi) is 4.44. The number of methoxy groups -OCH3 is 1. The van der Waals surface area contributed by atoms with Gasteiger partial charge in [0.1, 0.15) is 24.1 Å². The number of amides is 1. The van der Waals surface area contributed by atoms with Gasteiger partial charge in [0, 0.05) is 5.69 Å². The second-order valence-corrected chi connectivity index (χ2v) is 7.81. The Morgan fingerprint density at radius 3 is 2.19 bits per heavy atom. The van der Waals surface area contributed by atoms with Crippen molar-refractivity contribution >= 4 is 11.6 Å². The monoisotopic (exact) mass is 379 g/mol. The fourth-order valence-corrected chi connectivity index (χ4v) is 3.71. The summed E-state index contributed by atoms with van der Waals surface area (Å²) in [5.74, 6) is -1.29. The van der Waals surface area contributed by atoms with Crippen molar-refractivity contribution in [3.05, 3.63) is 24.3 Å². The molecule has 27 heavy (non-hydrogen) atoms. The molecule has 3 saturated heterocycles. The van der Waals surface area contributed by atoms with Crippen LogP contribution in [-0.2, 0) is 28.5 Å². The number of rotatable bonds is 3. The molecule has 1 aromatic rings. The summed E-state index contributed by atoms with van der Waals surface area (Å²) < 4.78 is 34.8. The molecule has 3 aliphatic heterocycles. The highest BCUT2D eigenvalue weighted by Gasteiger charge is 2.62. The molecule has 0 saturated carbocycles. The minimum atomic E-state index is -0.891. The van der Waals surface area contributed by atoms with E-state index in [4.69, 9.17) is 28.4 Å². The van der Waals surface area contributed by atoms with Crippen molar-refractivity contribution in [1.29, 1.82) is 0 Å². The average Bonchev–Trinajstić information content (AvgIpc) is 3.08. The molecule has 3 aliphatic rings. The van der Waals surface area contributed by atoms with Crippen LogP contribution in [-0.4, -0.2) is 55.3 Å². The van der Waals surface area contributed by atoms with Crippen LogP contribution in [0.1, 0.15) is 27.7 Å². The van der Waals surface area contributed by atoms with E-state index < -0.39 is 42.3 Å². The Balaban J connectivity index is 1.55. The lowest BCUT2D eigenvalue weighted by atomic mass is 9.98. The Morgan fingerprint density at radius 2 is 1.52 bits per heavy atom. The van der Waals surface area contributed by atoms with Gasteiger partial charge in [-0.25, -0.2) is 0 Å². The number of carbonyl (C=O) groups is 1. The van der Waals surface area contributed by atoms with Crippen molar-refractivity contribution in [2.24, 2.45) is 0 Å². The maximum Gasteiger partial charge on any atom is 0.256 e. The second kappa shape index (κ2) is 6.42. The fraction of sp³-hybridized carbons (Fsp3) is 0.632. The van der Waals surface area contributed by atoms with E-state index in [1.165, 1.54) is 0 Å². The molecule has 0 unspecified atom stereocenters. The van der Waals surface area contributed by atoms with Crippen LogP contribution in [0.5, 0.6) is 5.75 Å². The Hall–Kier alpha value is -1.71. The molecule has 1 amide bonds. The number of fused-ring (bicyclic) bond motifs is 3. The summed E-state index contributed by atoms with van der Waals surface area (Å²) in [5, 5.41) is 2.85. The SMILES string of the molecule is COc1ccc(NC(=O)[C@@H]2O[C@@H]3OC(C)(C)O[C@@H]3[C@@H]3OC(C)(C)O[C@@H]32)cc1. The van der Waals surface area contributed by atoms with Crippen molar-refractivity contribution < 1.29 is 33.2 Å². The zero-order chi connectivity index (χ0) is 19.4. The van der Waals surface area contributed by atoms with Crippen LogP contribution in [0.15, 0.2) is 24.3 Å². The molecule has 0 bridgehead atoms. The van der Waals surface area contributed by atoms with Crippen molar-refractivity contribution in [2.75, 3.05) is 12.4 Å². The van der Waals surface area contributed by atoms with Crippen molar-refractivity contribution in [1.82, 2.24) is 0 Å². The van der Waals surface area contributed by atoms with Crippen LogP contribution >= 0.6 is 0 Å². The van der Waals surface area contributed by atoms with Gasteiger partial charge in [0.05, 0.1) is 7.11 Å². The number of nitrogens with one attached hydrogen (secondary N) is 1. The van der Waals surface area contributed by atoms with Crippen LogP contribution in [0.4, 0.5) is 5.69 Å². The third kappa shape index (κ3) is 3.55. The number of anilines is 1. The third-order valence-electron chi connectivity index (χ3n) is 4.77. The first-order valence-corrected chi connectivity index (χ1v) is 8.99. The summed E-state index contributed by atoms with van der Waals surface area (Å²) in [4.78, 5) is 12.9. The number of hydrogen-bond donors (Lipinski definition) is 1. The third-order valence-corrected chi connectivity index (χ3v) is 4.77. The number of ether oxygens (including phenoxy) is 6. The Bertz CT molecular complexity index is 717. The Morgan fingerprint density at radius 1 is 0.926 bits per heavy atom. The van der Waals surface area contributed by atoms with Gasteiger partial charge >= 0.3 is 0 Å². The molecule has 3 fully saturated rings. The molecule has 8 nitrogen and oxygen atoms in total. The molecule has 0 spiro atoms. The zero-order valence-electron chi connectivity index (χ0n) is 16.1. The van der Waals surface area contributed by atoms with Crippen LogP contribution in [0.3, 0.4) is 0 Å². The van der Waals surface area contributed by atoms with E-state index in [0.29, 0.717) is 11.4 Å². The van der Waals surface area contributed by atoms with Crippen LogP contribution in [0.25, 0.3) is 0 Å². The lowest BCUT2D eigenvalue weighted by Gasteiger charge is -2.36. The van der Waals surface area contributed by atoms with Gasteiger partial charge < -0.3 is 33.7 Å². The standard InChI is InChI=1S/C19H25NO7/c1-18(2)24-12-13(25-18)15-17(27-19(3,4)26-15)23-14(12)16(21)20-10-6-8-11(22-5)9-7-10/h6-9,12-15,17H,1-5H3,(H,20,21)/t12-,13+,14+,15+,17+/m0/s1. The molecule has 3 heterocycles. The minimum absolute atomic E-state index is 0.330. The predicted molar refractivity (Wildman–Crippen MR) is 94.1 cm³/mol. The fourth-order valence-electron chi connectivity index (χ4n) is 3.71. The van der Waals surface area contributed by atoms with E-state index in [2.05, 4.69) is 5.32 Å². The first-order chi connectivity index (χ1) is 12.7.